The summed E-state index contributed by atoms with van der Waals surface area (Å²) in [4.78, 5) is 14.6. The van der Waals surface area contributed by atoms with Crippen molar-refractivity contribution in [2.24, 2.45) is 0 Å². The Bertz CT molecular complexity index is 1020. The SMILES string of the molecule is O=C(NC1CCCN(c2cc(-c3ccc(F)cc3)[nH]n2)C1)c1ccc(F)c(Cl)c1. The molecule has 3 aromatic rings. The molecule has 5 nitrogen and oxygen atoms in total. The number of halogens is 3. The van der Waals surface area contributed by atoms with Crippen molar-refractivity contribution >= 4 is 23.3 Å². The first-order valence-electron chi connectivity index (χ1n) is 9.32. The second-order valence-corrected chi connectivity index (χ2v) is 7.44. The number of piperidine rings is 1. The first-order valence-corrected chi connectivity index (χ1v) is 9.69. The van der Waals surface area contributed by atoms with E-state index in [0.717, 1.165) is 36.5 Å². The Morgan fingerprint density at radius 3 is 2.72 bits per heavy atom. The largest absolute Gasteiger partial charge is 0.353 e. The Balaban J connectivity index is 1.42. The maximum absolute atomic E-state index is 13.3. The average Bonchev–Trinajstić information content (AvgIpc) is 3.21. The minimum absolute atomic E-state index is 0.0638. The zero-order valence-electron chi connectivity index (χ0n) is 15.5. The van der Waals surface area contributed by atoms with Crippen molar-refractivity contribution in [1.82, 2.24) is 15.5 Å². The Morgan fingerprint density at radius 2 is 1.97 bits per heavy atom. The van der Waals surface area contributed by atoms with Gasteiger partial charge in [-0.1, -0.05) is 11.6 Å². The third-order valence-corrected chi connectivity index (χ3v) is 5.27. The van der Waals surface area contributed by atoms with E-state index in [4.69, 9.17) is 11.6 Å². The molecule has 8 heteroatoms. The summed E-state index contributed by atoms with van der Waals surface area (Å²) in [6, 6.07) is 12.0. The van der Waals surface area contributed by atoms with Gasteiger partial charge in [-0.2, -0.15) is 5.10 Å². The number of H-pyrrole nitrogens is 1. The Hall–Kier alpha value is -2.93. The summed E-state index contributed by atoms with van der Waals surface area (Å²) in [6.45, 7) is 1.43. The number of amides is 1. The van der Waals surface area contributed by atoms with Crippen LogP contribution in [0.4, 0.5) is 14.6 Å². The van der Waals surface area contributed by atoms with Crippen LogP contribution < -0.4 is 10.2 Å². The van der Waals surface area contributed by atoms with Crippen molar-refractivity contribution < 1.29 is 13.6 Å². The van der Waals surface area contributed by atoms with E-state index >= 15 is 0 Å². The summed E-state index contributed by atoms with van der Waals surface area (Å²) in [5.41, 5.74) is 1.97. The fourth-order valence-electron chi connectivity index (χ4n) is 3.46. The predicted octanol–water partition coefficient (Wildman–Crippen LogP) is 4.41. The maximum atomic E-state index is 13.3. The van der Waals surface area contributed by atoms with Crippen LogP contribution >= 0.6 is 11.6 Å². The molecule has 0 bridgehead atoms. The molecule has 29 heavy (non-hydrogen) atoms. The quantitative estimate of drug-likeness (QED) is 0.662. The number of carbonyl (C=O) groups excluding carboxylic acids is 1. The Labute approximate surface area is 171 Å². The van der Waals surface area contributed by atoms with E-state index in [9.17, 15) is 13.6 Å². The van der Waals surface area contributed by atoms with E-state index in [0.29, 0.717) is 12.1 Å². The van der Waals surface area contributed by atoms with Crippen LogP contribution in [0.2, 0.25) is 5.02 Å². The predicted molar refractivity (Wildman–Crippen MR) is 108 cm³/mol. The van der Waals surface area contributed by atoms with Gasteiger partial charge in [0.05, 0.1) is 10.7 Å². The summed E-state index contributed by atoms with van der Waals surface area (Å²) in [5, 5.41) is 10.3. The highest BCUT2D eigenvalue weighted by atomic mass is 35.5. The third kappa shape index (κ3) is 4.40. The molecule has 1 aliphatic rings. The van der Waals surface area contributed by atoms with Crippen LogP contribution in [0.1, 0.15) is 23.2 Å². The molecule has 2 aromatic carbocycles. The highest BCUT2D eigenvalue weighted by Crippen LogP contribution is 2.24. The fourth-order valence-corrected chi connectivity index (χ4v) is 3.64. The first kappa shape index (κ1) is 19.4. The molecule has 1 saturated heterocycles. The standard InChI is InChI=1S/C21H19ClF2N4O/c22-17-10-14(5-8-18(17)24)21(29)25-16-2-1-9-28(12-16)20-11-19(26-27-20)13-3-6-15(23)7-4-13/h3-8,10-11,16H,1-2,9,12H2,(H,25,29)(H,26,27). The smallest absolute Gasteiger partial charge is 0.251 e. The normalized spacial score (nSPS) is 16.7. The van der Waals surface area contributed by atoms with Crippen LogP contribution in [-0.2, 0) is 0 Å². The summed E-state index contributed by atoms with van der Waals surface area (Å²) < 4.78 is 26.4. The van der Waals surface area contributed by atoms with E-state index in [2.05, 4.69) is 20.4 Å². The highest BCUT2D eigenvalue weighted by molar-refractivity contribution is 6.31. The number of rotatable bonds is 4. The first-order chi connectivity index (χ1) is 14.0. The molecular formula is C21H19ClF2N4O. The van der Waals surface area contributed by atoms with Crippen LogP contribution in [0.15, 0.2) is 48.5 Å². The number of hydrogen-bond donors (Lipinski definition) is 2. The minimum atomic E-state index is -0.553. The topological polar surface area (TPSA) is 61.0 Å². The summed E-state index contributed by atoms with van der Waals surface area (Å²) >= 11 is 5.77. The maximum Gasteiger partial charge on any atom is 0.251 e. The van der Waals surface area contributed by atoms with Crippen molar-refractivity contribution in [3.05, 3.63) is 70.8 Å². The van der Waals surface area contributed by atoms with Gasteiger partial charge in [-0.25, -0.2) is 8.78 Å². The zero-order chi connectivity index (χ0) is 20.4. The van der Waals surface area contributed by atoms with E-state index in [1.165, 1.54) is 30.3 Å². The summed E-state index contributed by atoms with van der Waals surface area (Å²) in [6.07, 6.45) is 1.74. The highest BCUT2D eigenvalue weighted by Gasteiger charge is 2.24. The van der Waals surface area contributed by atoms with Gasteiger partial charge in [0, 0.05) is 30.8 Å². The number of aromatic amines is 1. The third-order valence-electron chi connectivity index (χ3n) is 4.98. The van der Waals surface area contributed by atoms with Crippen molar-refractivity contribution in [2.75, 3.05) is 18.0 Å². The number of benzene rings is 2. The van der Waals surface area contributed by atoms with Crippen LogP contribution in [0, 0.1) is 11.6 Å². The molecule has 4 rings (SSSR count). The van der Waals surface area contributed by atoms with E-state index < -0.39 is 5.82 Å². The average molecular weight is 417 g/mol. The zero-order valence-corrected chi connectivity index (χ0v) is 16.2. The van der Waals surface area contributed by atoms with Crippen molar-refractivity contribution in [3.63, 3.8) is 0 Å². The summed E-state index contributed by atoms with van der Waals surface area (Å²) in [7, 11) is 0. The molecule has 150 valence electrons. The molecule has 1 unspecified atom stereocenters. The minimum Gasteiger partial charge on any atom is -0.353 e. The number of nitrogens with one attached hydrogen (secondary N) is 2. The molecule has 1 aromatic heterocycles. The van der Waals surface area contributed by atoms with Crippen LogP contribution in [0.25, 0.3) is 11.3 Å². The number of nitrogens with zero attached hydrogens (tertiary/aromatic N) is 2. The van der Waals surface area contributed by atoms with Crippen LogP contribution in [-0.4, -0.2) is 35.2 Å². The monoisotopic (exact) mass is 416 g/mol. The molecule has 2 heterocycles. The molecule has 0 aliphatic carbocycles. The van der Waals surface area contributed by atoms with Gasteiger partial charge in [0.1, 0.15) is 11.6 Å². The number of carbonyl (C=O) groups is 1. The van der Waals surface area contributed by atoms with Crippen LogP contribution in [0.3, 0.4) is 0 Å². The van der Waals surface area contributed by atoms with Crippen molar-refractivity contribution in [2.45, 2.75) is 18.9 Å². The van der Waals surface area contributed by atoms with E-state index in [1.54, 1.807) is 12.1 Å². The van der Waals surface area contributed by atoms with Crippen molar-refractivity contribution in [3.8, 4) is 11.3 Å². The molecule has 0 radical (unpaired) electrons. The second-order valence-electron chi connectivity index (χ2n) is 7.03. The van der Waals surface area contributed by atoms with Crippen molar-refractivity contribution in [1.29, 1.82) is 0 Å². The molecule has 1 atom stereocenters. The molecule has 1 amide bonds. The molecule has 0 spiro atoms. The summed E-state index contributed by atoms with van der Waals surface area (Å²) in [5.74, 6) is -0.353. The number of anilines is 1. The lowest BCUT2D eigenvalue weighted by Gasteiger charge is -2.33. The number of aromatic nitrogens is 2. The molecule has 0 saturated carbocycles. The lowest BCUT2D eigenvalue weighted by Crippen LogP contribution is -2.48. The Morgan fingerprint density at radius 1 is 1.17 bits per heavy atom. The molecule has 1 fully saturated rings. The second kappa shape index (κ2) is 8.21. The molecular weight excluding hydrogens is 398 g/mol. The number of hydrogen-bond acceptors (Lipinski definition) is 3. The van der Waals surface area contributed by atoms with Crippen LogP contribution in [0.5, 0.6) is 0 Å². The molecule has 2 N–H and O–H groups in total. The van der Waals surface area contributed by atoms with E-state index in [-0.39, 0.29) is 22.8 Å². The van der Waals surface area contributed by atoms with E-state index in [1.807, 2.05) is 6.07 Å². The lowest BCUT2D eigenvalue weighted by molar-refractivity contribution is 0.0933. The molecule has 1 aliphatic heterocycles. The van der Waals surface area contributed by atoms with Gasteiger partial charge >= 0.3 is 0 Å². The van der Waals surface area contributed by atoms with Gasteiger partial charge in [0.2, 0.25) is 0 Å². The fraction of sp³-hybridized carbons (Fsp3) is 0.238. The van der Waals surface area contributed by atoms with Gasteiger partial charge < -0.3 is 10.2 Å². The van der Waals surface area contributed by atoms with Gasteiger partial charge in [-0.05, 0) is 60.9 Å². The Kier molecular flexibility index (Phi) is 5.49. The van der Waals surface area contributed by atoms with Gasteiger partial charge in [0.25, 0.3) is 5.91 Å². The van der Waals surface area contributed by atoms with Gasteiger partial charge in [-0.15, -0.1) is 0 Å². The van der Waals surface area contributed by atoms with Gasteiger partial charge in [-0.3, -0.25) is 9.89 Å². The van der Waals surface area contributed by atoms with Gasteiger partial charge in [0.15, 0.2) is 5.82 Å². The lowest BCUT2D eigenvalue weighted by atomic mass is 10.0.